The molecule has 1 aliphatic heterocycles. The number of hydrogen-bond donors (Lipinski definition) is 0. The Kier molecular flexibility index (Phi) is 3.48. The van der Waals surface area contributed by atoms with Crippen LogP contribution in [0.15, 0.2) is 41.5 Å². The molecule has 3 aromatic rings. The standard InChI is InChI=1S/C19H18FN5O/c20-14-3-4-17-15(7-14)19(22-11-21-17)24-8-12(9-24)10-25-18(26)6-5-16(23-25)13-1-2-13/h3-7,11-13H,1-2,8-10H2. The lowest BCUT2D eigenvalue weighted by Crippen LogP contribution is -2.50. The van der Waals surface area contributed by atoms with Gasteiger partial charge in [-0.25, -0.2) is 19.0 Å². The summed E-state index contributed by atoms with van der Waals surface area (Å²) in [4.78, 5) is 22.7. The minimum Gasteiger partial charge on any atom is -0.355 e. The predicted molar refractivity (Wildman–Crippen MR) is 95.7 cm³/mol. The summed E-state index contributed by atoms with van der Waals surface area (Å²) in [5.74, 6) is 1.31. The molecule has 2 aliphatic rings. The Morgan fingerprint density at radius 3 is 2.77 bits per heavy atom. The average molecular weight is 351 g/mol. The van der Waals surface area contributed by atoms with Gasteiger partial charge in [0.05, 0.1) is 17.8 Å². The molecule has 0 bridgehead atoms. The Bertz CT molecular complexity index is 1040. The van der Waals surface area contributed by atoms with Crippen molar-refractivity contribution in [1.29, 1.82) is 0 Å². The maximum atomic E-state index is 13.6. The van der Waals surface area contributed by atoms with Gasteiger partial charge in [-0.1, -0.05) is 0 Å². The molecule has 7 heteroatoms. The van der Waals surface area contributed by atoms with Gasteiger partial charge in [-0.05, 0) is 37.1 Å². The van der Waals surface area contributed by atoms with Crippen molar-refractivity contribution in [3.05, 3.63) is 58.5 Å². The first kappa shape index (κ1) is 15.4. The number of anilines is 1. The van der Waals surface area contributed by atoms with E-state index in [9.17, 15) is 9.18 Å². The van der Waals surface area contributed by atoms with Crippen molar-refractivity contribution in [2.45, 2.75) is 25.3 Å². The van der Waals surface area contributed by atoms with Crippen molar-refractivity contribution < 1.29 is 4.39 Å². The maximum absolute atomic E-state index is 13.6. The summed E-state index contributed by atoms with van der Waals surface area (Å²) >= 11 is 0. The molecule has 0 unspecified atom stereocenters. The summed E-state index contributed by atoms with van der Waals surface area (Å²) in [7, 11) is 0. The van der Waals surface area contributed by atoms with Crippen LogP contribution in [0.2, 0.25) is 0 Å². The van der Waals surface area contributed by atoms with E-state index in [-0.39, 0.29) is 11.4 Å². The molecular weight excluding hydrogens is 333 g/mol. The van der Waals surface area contributed by atoms with Crippen molar-refractivity contribution in [1.82, 2.24) is 19.7 Å². The summed E-state index contributed by atoms with van der Waals surface area (Å²) in [6.45, 7) is 2.14. The van der Waals surface area contributed by atoms with Gasteiger partial charge in [0.15, 0.2) is 0 Å². The highest BCUT2D eigenvalue weighted by atomic mass is 19.1. The van der Waals surface area contributed by atoms with Gasteiger partial charge >= 0.3 is 0 Å². The first-order valence-electron chi connectivity index (χ1n) is 8.90. The molecule has 6 nitrogen and oxygen atoms in total. The fraction of sp³-hybridized carbons (Fsp3) is 0.368. The van der Waals surface area contributed by atoms with Crippen LogP contribution in [0.3, 0.4) is 0 Å². The number of fused-ring (bicyclic) bond motifs is 1. The Morgan fingerprint density at radius 2 is 1.96 bits per heavy atom. The molecule has 1 saturated carbocycles. The Labute approximate surface area is 149 Å². The van der Waals surface area contributed by atoms with Crippen LogP contribution in [0.4, 0.5) is 10.2 Å². The van der Waals surface area contributed by atoms with Gasteiger partial charge in [0.2, 0.25) is 0 Å². The molecule has 132 valence electrons. The highest BCUT2D eigenvalue weighted by Gasteiger charge is 2.31. The zero-order valence-electron chi connectivity index (χ0n) is 14.2. The van der Waals surface area contributed by atoms with E-state index < -0.39 is 0 Å². The van der Waals surface area contributed by atoms with Crippen molar-refractivity contribution in [3.63, 3.8) is 0 Å². The van der Waals surface area contributed by atoms with Gasteiger partial charge in [0, 0.05) is 36.4 Å². The number of rotatable bonds is 4. The van der Waals surface area contributed by atoms with E-state index >= 15 is 0 Å². The van der Waals surface area contributed by atoms with E-state index in [1.54, 1.807) is 16.8 Å². The third kappa shape index (κ3) is 2.73. The molecule has 1 saturated heterocycles. The van der Waals surface area contributed by atoms with E-state index in [1.165, 1.54) is 31.3 Å². The molecule has 3 heterocycles. The normalized spacial score (nSPS) is 17.5. The third-order valence-electron chi connectivity index (χ3n) is 5.15. The number of halogens is 1. The fourth-order valence-electron chi connectivity index (χ4n) is 3.56. The minimum absolute atomic E-state index is 0.0533. The molecule has 0 spiro atoms. The number of benzene rings is 1. The van der Waals surface area contributed by atoms with Gasteiger partial charge in [-0.3, -0.25) is 4.79 Å². The number of aromatic nitrogens is 4. The second-order valence-electron chi connectivity index (χ2n) is 7.18. The highest BCUT2D eigenvalue weighted by molar-refractivity contribution is 5.89. The first-order chi connectivity index (χ1) is 12.7. The van der Waals surface area contributed by atoms with E-state index in [0.29, 0.717) is 18.4 Å². The molecular formula is C19H18FN5O. The minimum atomic E-state index is -0.293. The van der Waals surface area contributed by atoms with Crippen molar-refractivity contribution >= 4 is 16.7 Å². The molecule has 1 aromatic carbocycles. The average Bonchev–Trinajstić information content (AvgIpc) is 3.44. The van der Waals surface area contributed by atoms with Crippen molar-refractivity contribution in [2.75, 3.05) is 18.0 Å². The van der Waals surface area contributed by atoms with Gasteiger partial charge in [0.25, 0.3) is 5.56 Å². The molecule has 1 aliphatic carbocycles. The van der Waals surface area contributed by atoms with Crippen molar-refractivity contribution in [3.8, 4) is 0 Å². The summed E-state index contributed by atoms with van der Waals surface area (Å²) in [5.41, 5.74) is 1.70. The van der Waals surface area contributed by atoms with E-state index in [0.717, 1.165) is 35.5 Å². The van der Waals surface area contributed by atoms with Crippen LogP contribution in [0, 0.1) is 11.7 Å². The Morgan fingerprint density at radius 1 is 1.12 bits per heavy atom. The lowest BCUT2D eigenvalue weighted by molar-refractivity contribution is 0.332. The van der Waals surface area contributed by atoms with E-state index in [4.69, 9.17) is 0 Å². The Hall–Kier alpha value is -2.83. The third-order valence-corrected chi connectivity index (χ3v) is 5.15. The van der Waals surface area contributed by atoms with Crippen LogP contribution in [0.25, 0.3) is 10.9 Å². The van der Waals surface area contributed by atoms with Crippen molar-refractivity contribution in [2.24, 2.45) is 5.92 Å². The quantitative estimate of drug-likeness (QED) is 0.722. The van der Waals surface area contributed by atoms with Gasteiger partial charge < -0.3 is 4.90 Å². The topological polar surface area (TPSA) is 63.9 Å². The second-order valence-corrected chi connectivity index (χ2v) is 7.18. The van der Waals surface area contributed by atoms with Crippen LogP contribution in [0.1, 0.15) is 24.5 Å². The van der Waals surface area contributed by atoms with Gasteiger partial charge in [-0.15, -0.1) is 0 Å². The van der Waals surface area contributed by atoms with E-state index in [1.807, 2.05) is 6.07 Å². The molecule has 2 aromatic heterocycles. The molecule has 0 amide bonds. The lowest BCUT2D eigenvalue weighted by Gasteiger charge is -2.40. The second kappa shape index (κ2) is 5.86. The van der Waals surface area contributed by atoms with Crippen LogP contribution < -0.4 is 10.5 Å². The monoisotopic (exact) mass is 351 g/mol. The predicted octanol–water partition coefficient (Wildman–Crippen LogP) is 2.34. The number of nitrogens with zero attached hydrogens (tertiary/aromatic N) is 5. The lowest BCUT2D eigenvalue weighted by atomic mass is 9.99. The van der Waals surface area contributed by atoms with E-state index in [2.05, 4.69) is 20.0 Å². The zero-order chi connectivity index (χ0) is 17.7. The molecule has 26 heavy (non-hydrogen) atoms. The van der Waals surface area contributed by atoms with Gasteiger partial charge in [0.1, 0.15) is 18.0 Å². The molecule has 2 fully saturated rings. The highest BCUT2D eigenvalue weighted by Crippen LogP contribution is 2.38. The summed E-state index contributed by atoms with van der Waals surface area (Å²) in [6.07, 6.45) is 3.84. The summed E-state index contributed by atoms with van der Waals surface area (Å²) in [6, 6.07) is 8.02. The zero-order valence-corrected chi connectivity index (χ0v) is 14.2. The van der Waals surface area contributed by atoms with Crippen LogP contribution in [-0.4, -0.2) is 32.8 Å². The van der Waals surface area contributed by atoms with Gasteiger partial charge in [-0.2, -0.15) is 5.10 Å². The molecule has 0 radical (unpaired) electrons. The molecule has 0 N–H and O–H groups in total. The van der Waals surface area contributed by atoms with Crippen LogP contribution >= 0.6 is 0 Å². The SMILES string of the molecule is O=c1ccc(C2CC2)nn1CC1CN(c2ncnc3ccc(F)cc23)C1. The smallest absolute Gasteiger partial charge is 0.266 e. The fourth-order valence-corrected chi connectivity index (χ4v) is 3.56. The summed E-state index contributed by atoms with van der Waals surface area (Å²) in [5, 5.41) is 5.25. The Balaban J connectivity index is 1.33. The molecule has 5 rings (SSSR count). The van der Waals surface area contributed by atoms with Crippen LogP contribution in [0.5, 0.6) is 0 Å². The largest absolute Gasteiger partial charge is 0.355 e. The maximum Gasteiger partial charge on any atom is 0.266 e. The first-order valence-corrected chi connectivity index (χ1v) is 8.90. The summed E-state index contributed by atoms with van der Waals surface area (Å²) < 4.78 is 15.2. The number of hydrogen-bond acceptors (Lipinski definition) is 5. The van der Waals surface area contributed by atoms with Crippen LogP contribution in [-0.2, 0) is 6.54 Å². The molecule has 0 atom stereocenters.